The van der Waals surface area contributed by atoms with Gasteiger partial charge < -0.3 is 0 Å². The second-order valence-electron chi connectivity index (χ2n) is 2.25. The van der Waals surface area contributed by atoms with E-state index < -0.39 is 0 Å². The molecule has 0 nitrogen and oxygen atoms in total. The Morgan fingerprint density at radius 3 is 1.00 bits per heavy atom. The van der Waals surface area contributed by atoms with E-state index in [4.69, 9.17) is 0 Å². The van der Waals surface area contributed by atoms with Gasteiger partial charge in [-0.2, -0.15) is 0 Å². The number of hydrogen-bond acceptors (Lipinski definition) is 0. The van der Waals surface area contributed by atoms with Crippen LogP contribution in [-0.2, 0) is 20.4 Å². The summed E-state index contributed by atoms with van der Waals surface area (Å²) in [6, 6.07) is 0. The molecule has 45 valence electrons. The van der Waals surface area contributed by atoms with E-state index in [1.54, 1.807) is 0 Å². The van der Waals surface area contributed by atoms with Crippen LogP contribution in [0.25, 0.3) is 0 Å². The number of halogens is 2. The summed E-state index contributed by atoms with van der Waals surface area (Å²) in [5, 5.41) is 0. The molecular formula is C4H11Cl2Ti. The van der Waals surface area contributed by atoms with E-state index in [0.717, 1.165) is 0 Å². The number of rotatable bonds is 0. The van der Waals surface area contributed by atoms with Crippen LogP contribution < -0.4 is 0 Å². The molecule has 0 saturated carbocycles. The molecule has 0 bridgehead atoms. The normalized spacial score (nSPS) is 8.29. The minimum atomic E-state index is 0. The average molecular weight is 178 g/mol. The van der Waals surface area contributed by atoms with Crippen molar-refractivity contribution in [1.82, 2.24) is 0 Å². The molecule has 0 spiro atoms. The molecule has 0 aliphatic heterocycles. The van der Waals surface area contributed by atoms with Gasteiger partial charge in [0.05, 0.1) is 0 Å². The quantitative estimate of drug-likeness (QED) is 0.500. The maximum atomic E-state index is 2.19. The maximum Gasteiger partial charge on any atom is -0.147 e. The van der Waals surface area contributed by atoms with Crippen LogP contribution >= 0.6 is 24.8 Å². The number of hydrogen-bond donors (Lipinski definition) is 0. The fraction of sp³-hybridized carbons (Fsp3) is 1.00. The van der Waals surface area contributed by atoms with Gasteiger partial charge in [-0.3, -0.25) is 0 Å². The summed E-state index contributed by atoms with van der Waals surface area (Å²) in [5.41, 5.74) is 0. The van der Waals surface area contributed by atoms with Crippen molar-refractivity contribution in [2.24, 2.45) is 0 Å². The fourth-order valence-corrected chi connectivity index (χ4v) is 0. The first kappa shape index (κ1) is 15.7. The van der Waals surface area contributed by atoms with Gasteiger partial charge >= 0.3 is 44.9 Å². The van der Waals surface area contributed by atoms with Gasteiger partial charge in [-0.05, 0) is 0 Å². The summed E-state index contributed by atoms with van der Waals surface area (Å²) < 4.78 is 0.500. The predicted molar refractivity (Wildman–Crippen MR) is 34.2 cm³/mol. The van der Waals surface area contributed by atoms with Crippen LogP contribution in [0.4, 0.5) is 0 Å². The third-order valence-corrected chi connectivity index (χ3v) is 0. The molecular weight excluding hydrogens is 167 g/mol. The summed E-state index contributed by atoms with van der Waals surface area (Å²) in [4.78, 5) is 0. The predicted octanol–water partition coefficient (Wildman–Crippen LogP) is 2.60. The Hall–Kier alpha value is 1.29. The van der Waals surface area contributed by atoms with Crippen LogP contribution in [0.5, 0.6) is 0 Å². The van der Waals surface area contributed by atoms with E-state index in [0.29, 0.717) is 3.72 Å². The smallest absolute Gasteiger partial charge is 0.147 e. The maximum absolute atomic E-state index is 2.19. The Bertz CT molecular complexity index is 25.2. The largest absolute Gasteiger partial charge is 0.147 e. The first-order valence-electron chi connectivity index (χ1n) is 1.75. The molecule has 0 aliphatic carbocycles. The van der Waals surface area contributed by atoms with Gasteiger partial charge in [0.2, 0.25) is 0 Å². The van der Waals surface area contributed by atoms with Crippen LogP contribution in [-0.4, -0.2) is 0 Å². The molecule has 0 unspecified atom stereocenters. The fourth-order valence-electron chi connectivity index (χ4n) is 0. The molecule has 0 aromatic carbocycles. The average Bonchev–Trinajstić information content (AvgIpc) is 0.722. The zero-order valence-electron chi connectivity index (χ0n) is 4.82. The Labute approximate surface area is 69.7 Å². The minimum Gasteiger partial charge on any atom is -0.147 e. The third-order valence-electron chi connectivity index (χ3n) is 0. The van der Waals surface area contributed by atoms with Crippen molar-refractivity contribution < 1.29 is 20.4 Å². The Balaban J connectivity index is -0.0000000800. The summed E-state index contributed by atoms with van der Waals surface area (Å²) in [6.07, 6.45) is 0. The van der Waals surface area contributed by atoms with E-state index in [9.17, 15) is 0 Å². The molecule has 0 atom stereocenters. The molecule has 0 aromatic heterocycles. The van der Waals surface area contributed by atoms with Crippen molar-refractivity contribution in [2.75, 3.05) is 0 Å². The van der Waals surface area contributed by atoms with Gasteiger partial charge in [0.25, 0.3) is 0 Å². The summed E-state index contributed by atoms with van der Waals surface area (Å²) in [7, 11) is 0. The molecule has 0 aromatic rings. The van der Waals surface area contributed by atoms with E-state index >= 15 is 0 Å². The molecule has 0 amide bonds. The Kier molecular flexibility index (Phi) is 12.2. The summed E-state index contributed by atoms with van der Waals surface area (Å²) >= 11 is 2.19. The Morgan fingerprint density at radius 2 is 1.00 bits per heavy atom. The first-order valence-corrected chi connectivity index (χ1v) is 2.53. The molecule has 0 heterocycles. The monoisotopic (exact) mass is 177 g/mol. The van der Waals surface area contributed by atoms with Crippen LogP contribution in [0.1, 0.15) is 20.8 Å². The zero-order chi connectivity index (χ0) is 4.50. The molecule has 7 heavy (non-hydrogen) atoms. The standard InChI is InChI=1S/C4H9.2ClH.Ti/c1-4(2)3;;;/h1-3H3;2*1H;. The first-order chi connectivity index (χ1) is 2.00. The van der Waals surface area contributed by atoms with Crippen molar-refractivity contribution in [1.29, 1.82) is 0 Å². The molecule has 0 saturated heterocycles. The van der Waals surface area contributed by atoms with Crippen molar-refractivity contribution in [3.8, 4) is 0 Å². The van der Waals surface area contributed by atoms with E-state index in [1.807, 2.05) is 0 Å². The van der Waals surface area contributed by atoms with Gasteiger partial charge in [0.1, 0.15) is 0 Å². The van der Waals surface area contributed by atoms with Gasteiger partial charge in [-0.25, -0.2) is 0 Å². The van der Waals surface area contributed by atoms with Crippen molar-refractivity contribution in [2.45, 2.75) is 24.5 Å². The van der Waals surface area contributed by atoms with Crippen molar-refractivity contribution >= 4 is 24.8 Å². The van der Waals surface area contributed by atoms with Crippen LogP contribution in [0, 0.1) is 0 Å². The van der Waals surface area contributed by atoms with Gasteiger partial charge in [-0.15, -0.1) is 24.8 Å². The third kappa shape index (κ3) is 122. The molecule has 0 fully saturated rings. The van der Waals surface area contributed by atoms with Crippen molar-refractivity contribution in [3.63, 3.8) is 0 Å². The summed E-state index contributed by atoms with van der Waals surface area (Å²) in [5.74, 6) is 0. The zero-order valence-corrected chi connectivity index (χ0v) is 8.01. The topological polar surface area (TPSA) is 0 Å². The molecule has 0 aliphatic rings. The second-order valence-corrected chi connectivity index (χ2v) is 4.59. The van der Waals surface area contributed by atoms with Gasteiger partial charge in [-0.1, -0.05) is 0 Å². The van der Waals surface area contributed by atoms with Crippen molar-refractivity contribution in [3.05, 3.63) is 0 Å². The van der Waals surface area contributed by atoms with Crippen LogP contribution in [0.3, 0.4) is 0 Å². The van der Waals surface area contributed by atoms with Crippen LogP contribution in [0.15, 0.2) is 0 Å². The second kappa shape index (κ2) is 5.43. The Morgan fingerprint density at radius 1 is 1.00 bits per heavy atom. The molecule has 3 heteroatoms. The van der Waals surface area contributed by atoms with Gasteiger partial charge in [0, 0.05) is 0 Å². The molecule has 0 radical (unpaired) electrons. The van der Waals surface area contributed by atoms with E-state index in [1.165, 1.54) is 0 Å². The van der Waals surface area contributed by atoms with Crippen LogP contribution in [0.2, 0.25) is 3.72 Å². The molecule has 0 N–H and O–H groups in total. The van der Waals surface area contributed by atoms with Gasteiger partial charge in [0.15, 0.2) is 0 Å². The molecule has 0 rings (SSSR count). The SMILES string of the molecule is C[C](C)(C)[Ti].Cl.Cl. The summed E-state index contributed by atoms with van der Waals surface area (Å²) in [6.45, 7) is 6.56. The minimum absolute atomic E-state index is 0. The van der Waals surface area contributed by atoms with E-state index in [2.05, 4.69) is 41.2 Å². The van der Waals surface area contributed by atoms with E-state index in [-0.39, 0.29) is 24.8 Å².